The van der Waals surface area contributed by atoms with Crippen LogP contribution in [0.2, 0.25) is 0 Å². The van der Waals surface area contributed by atoms with Crippen LogP contribution in [0.15, 0.2) is 42.5 Å². The van der Waals surface area contributed by atoms with Crippen LogP contribution in [-0.4, -0.2) is 25.1 Å². The Labute approximate surface area is 156 Å². The summed E-state index contributed by atoms with van der Waals surface area (Å²) >= 11 is 1.67. The first-order valence-electron chi connectivity index (χ1n) is 8.09. The van der Waals surface area contributed by atoms with E-state index in [2.05, 4.69) is 17.2 Å². The van der Waals surface area contributed by atoms with E-state index in [4.69, 9.17) is 9.47 Å². The number of rotatable bonds is 5. The number of aromatic nitrogens is 1. The second-order valence-corrected chi connectivity index (χ2v) is 7.14. The molecule has 3 aromatic rings. The number of methoxy groups -OCH3 is 2. The van der Waals surface area contributed by atoms with E-state index in [0.717, 1.165) is 16.3 Å². The van der Waals surface area contributed by atoms with Crippen LogP contribution >= 0.6 is 11.3 Å². The number of carbonyl (C=O) groups is 1. The van der Waals surface area contributed by atoms with Crippen LogP contribution in [0.25, 0.3) is 11.3 Å². The Hall–Kier alpha value is -2.86. The second-order valence-electron chi connectivity index (χ2n) is 5.74. The Balaban J connectivity index is 1.79. The van der Waals surface area contributed by atoms with Gasteiger partial charge in [0.2, 0.25) is 0 Å². The van der Waals surface area contributed by atoms with Crippen LogP contribution < -0.4 is 14.8 Å². The summed E-state index contributed by atoms with van der Waals surface area (Å²) in [5.41, 5.74) is 3.13. The molecular weight excluding hydrogens is 348 g/mol. The minimum atomic E-state index is -0.203. The van der Waals surface area contributed by atoms with Crippen molar-refractivity contribution in [3.63, 3.8) is 0 Å². The summed E-state index contributed by atoms with van der Waals surface area (Å²) in [5.74, 6) is 1.01. The smallest absolute Gasteiger partial charge is 0.255 e. The summed E-state index contributed by atoms with van der Waals surface area (Å²) < 4.78 is 10.5. The lowest BCUT2D eigenvalue weighted by atomic mass is 10.1. The number of benzene rings is 2. The van der Waals surface area contributed by atoms with E-state index in [1.807, 2.05) is 19.1 Å². The van der Waals surface area contributed by atoms with Gasteiger partial charge in [-0.15, -0.1) is 11.3 Å². The third-order valence-corrected chi connectivity index (χ3v) is 4.87. The highest BCUT2D eigenvalue weighted by atomic mass is 32.1. The summed E-state index contributed by atoms with van der Waals surface area (Å²) in [6.45, 7) is 4.04. The van der Waals surface area contributed by atoms with Gasteiger partial charge in [0.15, 0.2) is 0 Å². The van der Waals surface area contributed by atoms with Gasteiger partial charge >= 0.3 is 0 Å². The molecule has 0 atom stereocenters. The fourth-order valence-electron chi connectivity index (χ4n) is 2.67. The molecule has 1 heterocycles. The number of hydrogen-bond donors (Lipinski definition) is 1. The van der Waals surface area contributed by atoms with E-state index in [0.29, 0.717) is 22.7 Å². The molecule has 2 aromatic carbocycles. The highest BCUT2D eigenvalue weighted by Gasteiger charge is 2.12. The maximum atomic E-state index is 12.5. The highest BCUT2D eigenvalue weighted by molar-refractivity contribution is 7.11. The van der Waals surface area contributed by atoms with Crippen molar-refractivity contribution >= 4 is 22.9 Å². The number of nitrogens with zero attached hydrogens (tertiary/aromatic N) is 1. The molecule has 0 aliphatic carbocycles. The van der Waals surface area contributed by atoms with Gasteiger partial charge in [-0.05, 0) is 38.1 Å². The predicted molar refractivity (Wildman–Crippen MR) is 105 cm³/mol. The fourth-order valence-corrected chi connectivity index (χ4v) is 3.51. The standard InChI is InChI=1S/C20H20N2O3S/c1-12-19(21-13(2)26-12)14-5-7-15(8-6-14)20(23)22-17-10-9-16(24-3)11-18(17)25-4/h5-11H,1-4H3,(H,22,23). The SMILES string of the molecule is COc1ccc(NC(=O)c2ccc(-c3nc(C)sc3C)cc2)c(OC)c1. The van der Waals surface area contributed by atoms with Crippen LogP contribution in [-0.2, 0) is 0 Å². The first-order chi connectivity index (χ1) is 12.5. The molecule has 0 unspecified atom stereocenters. The average molecular weight is 368 g/mol. The molecule has 0 saturated carbocycles. The summed E-state index contributed by atoms with van der Waals surface area (Å²) in [7, 11) is 3.14. The van der Waals surface area contributed by atoms with Gasteiger partial charge in [0.1, 0.15) is 11.5 Å². The minimum absolute atomic E-state index is 0.203. The van der Waals surface area contributed by atoms with Crippen molar-refractivity contribution < 1.29 is 14.3 Å². The van der Waals surface area contributed by atoms with Crippen molar-refractivity contribution in [2.24, 2.45) is 0 Å². The largest absolute Gasteiger partial charge is 0.497 e. The minimum Gasteiger partial charge on any atom is -0.497 e. The Kier molecular flexibility index (Phi) is 5.23. The van der Waals surface area contributed by atoms with Crippen LogP contribution in [0.3, 0.4) is 0 Å². The average Bonchev–Trinajstić information content (AvgIpc) is 3.00. The van der Waals surface area contributed by atoms with Crippen LogP contribution in [0.4, 0.5) is 5.69 Å². The summed E-state index contributed by atoms with van der Waals surface area (Å²) in [5, 5.41) is 3.90. The Bertz CT molecular complexity index is 933. The molecule has 1 amide bonds. The topological polar surface area (TPSA) is 60.5 Å². The molecule has 1 N–H and O–H groups in total. The number of aryl methyl sites for hydroxylation is 2. The zero-order valence-electron chi connectivity index (χ0n) is 15.1. The van der Waals surface area contributed by atoms with Gasteiger partial charge in [-0.25, -0.2) is 4.98 Å². The molecule has 1 aromatic heterocycles. The maximum absolute atomic E-state index is 12.5. The van der Waals surface area contributed by atoms with Gasteiger partial charge in [0, 0.05) is 22.1 Å². The number of carbonyl (C=O) groups excluding carboxylic acids is 1. The lowest BCUT2D eigenvalue weighted by molar-refractivity contribution is 0.102. The lowest BCUT2D eigenvalue weighted by Gasteiger charge is -2.12. The molecule has 0 saturated heterocycles. The molecule has 0 bridgehead atoms. The molecule has 0 aliphatic heterocycles. The van der Waals surface area contributed by atoms with Crippen molar-refractivity contribution in [1.82, 2.24) is 4.98 Å². The molecule has 0 radical (unpaired) electrons. The van der Waals surface area contributed by atoms with E-state index in [1.165, 1.54) is 4.88 Å². The molecule has 6 heteroatoms. The van der Waals surface area contributed by atoms with Crippen LogP contribution in [0, 0.1) is 13.8 Å². The number of ether oxygens (including phenoxy) is 2. The van der Waals surface area contributed by atoms with Crippen molar-refractivity contribution in [2.45, 2.75) is 13.8 Å². The zero-order valence-corrected chi connectivity index (χ0v) is 15.9. The van der Waals surface area contributed by atoms with Crippen molar-refractivity contribution in [1.29, 1.82) is 0 Å². The van der Waals surface area contributed by atoms with Crippen LogP contribution in [0.5, 0.6) is 11.5 Å². The predicted octanol–water partition coefficient (Wildman–Crippen LogP) is 4.70. The summed E-state index contributed by atoms with van der Waals surface area (Å²) in [6, 6.07) is 12.7. The summed E-state index contributed by atoms with van der Waals surface area (Å²) in [4.78, 5) is 18.3. The van der Waals surface area contributed by atoms with Gasteiger partial charge in [-0.3, -0.25) is 4.79 Å². The lowest BCUT2D eigenvalue weighted by Crippen LogP contribution is -2.12. The fraction of sp³-hybridized carbons (Fsp3) is 0.200. The number of hydrogen-bond acceptors (Lipinski definition) is 5. The zero-order chi connectivity index (χ0) is 18.7. The highest BCUT2D eigenvalue weighted by Crippen LogP contribution is 2.30. The third-order valence-electron chi connectivity index (χ3n) is 3.98. The maximum Gasteiger partial charge on any atom is 0.255 e. The number of amides is 1. The van der Waals surface area contributed by atoms with Crippen molar-refractivity contribution in [3.05, 3.63) is 57.9 Å². The van der Waals surface area contributed by atoms with E-state index in [-0.39, 0.29) is 5.91 Å². The number of nitrogens with one attached hydrogen (secondary N) is 1. The Morgan fingerprint density at radius 3 is 2.35 bits per heavy atom. The van der Waals surface area contributed by atoms with Gasteiger partial charge in [0.25, 0.3) is 5.91 Å². The molecule has 0 fully saturated rings. The first kappa shape index (κ1) is 17.9. The number of thiazole rings is 1. The number of anilines is 1. The molecule has 3 rings (SSSR count). The quantitative estimate of drug-likeness (QED) is 0.709. The van der Waals surface area contributed by atoms with Crippen molar-refractivity contribution in [2.75, 3.05) is 19.5 Å². The molecule has 0 spiro atoms. The Morgan fingerprint density at radius 1 is 1.04 bits per heavy atom. The van der Waals surface area contributed by atoms with Gasteiger partial charge in [-0.1, -0.05) is 12.1 Å². The third kappa shape index (κ3) is 3.70. The van der Waals surface area contributed by atoms with E-state index in [1.54, 1.807) is 55.9 Å². The first-order valence-corrected chi connectivity index (χ1v) is 8.91. The van der Waals surface area contributed by atoms with Gasteiger partial charge in [-0.2, -0.15) is 0 Å². The molecule has 0 aliphatic rings. The monoisotopic (exact) mass is 368 g/mol. The summed E-state index contributed by atoms with van der Waals surface area (Å²) in [6.07, 6.45) is 0. The molecule has 5 nitrogen and oxygen atoms in total. The Morgan fingerprint density at radius 2 is 1.77 bits per heavy atom. The molecule has 26 heavy (non-hydrogen) atoms. The van der Waals surface area contributed by atoms with Gasteiger partial charge < -0.3 is 14.8 Å². The van der Waals surface area contributed by atoms with E-state index in [9.17, 15) is 4.79 Å². The normalized spacial score (nSPS) is 10.5. The van der Waals surface area contributed by atoms with Crippen LogP contribution in [0.1, 0.15) is 20.2 Å². The van der Waals surface area contributed by atoms with E-state index >= 15 is 0 Å². The molecule has 134 valence electrons. The van der Waals surface area contributed by atoms with Gasteiger partial charge in [0.05, 0.1) is 30.6 Å². The van der Waals surface area contributed by atoms with E-state index < -0.39 is 0 Å². The van der Waals surface area contributed by atoms with Crippen molar-refractivity contribution in [3.8, 4) is 22.8 Å². The molecular formula is C20H20N2O3S. The second kappa shape index (κ2) is 7.58.